The van der Waals surface area contributed by atoms with Crippen LogP contribution in [0, 0.1) is 5.92 Å². The van der Waals surface area contributed by atoms with Gasteiger partial charge in [0.05, 0.1) is 0 Å². The second-order valence-corrected chi connectivity index (χ2v) is 6.19. The average molecular weight is 317 g/mol. The van der Waals surface area contributed by atoms with Crippen LogP contribution < -0.4 is 5.32 Å². The molecule has 1 atom stereocenters. The fourth-order valence-corrected chi connectivity index (χ4v) is 3.10. The Hall–Kier alpha value is -0.0500. The first kappa shape index (κ1) is 13.4. The molecule has 1 saturated carbocycles. The first-order valence-corrected chi connectivity index (χ1v) is 7.55. The van der Waals surface area contributed by atoms with Crippen molar-refractivity contribution in [2.24, 2.45) is 5.92 Å². The molecule has 1 nitrogen and oxygen atoms in total. The quantitative estimate of drug-likeness (QED) is 0.783. The number of hydrogen-bond donors (Lipinski definition) is 1. The fraction of sp³-hybridized carbons (Fsp3) is 0.571. The molecule has 1 aliphatic rings. The Morgan fingerprint density at radius 3 is 2.76 bits per heavy atom. The van der Waals surface area contributed by atoms with Crippen LogP contribution >= 0.6 is 27.5 Å². The van der Waals surface area contributed by atoms with Gasteiger partial charge in [0.2, 0.25) is 0 Å². The molecule has 2 rings (SSSR count). The molecule has 1 aromatic rings. The molecule has 1 unspecified atom stereocenters. The Labute approximate surface area is 117 Å². The normalized spacial score (nSPS) is 17.1. The summed E-state index contributed by atoms with van der Waals surface area (Å²) < 4.78 is 1.06. The van der Waals surface area contributed by atoms with E-state index in [9.17, 15) is 0 Å². The lowest BCUT2D eigenvalue weighted by Crippen LogP contribution is -2.21. The van der Waals surface area contributed by atoms with Crippen molar-refractivity contribution in [3.05, 3.63) is 33.3 Å². The Morgan fingerprint density at radius 2 is 2.18 bits per heavy atom. The van der Waals surface area contributed by atoms with Gasteiger partial charge in [-0.1, -0.05) is 47.3 Å². The molecule has 0 heterocycles. The van der Waals surface area contributed by atoms with Crippen LogP contribution in [0.1, 0.15) is 44.2 Å². The number of hydrogen-bond acceptors (Lipinski definition) is 1. The maximum atomic E-state index is 6.11. The van der Waals surface area contributed by atoms with E-state index in [-0.39, 0.29) is 0 Å². The third-order valence-corrected chi connectivity index (χ3v) is 3.97. The molecule has 1 aliphatic carbocycles. The second kappa shape index (κ2) is 6.21. The summed E-state index contributed by atoms with van der Waals surface area (Å²) in [6.07, 6.45) is 5.41. The van der Waals surface area contributed by atoms with Crippen molar-refractivity contribution >= 4 is 27.5 Å². The van der Waals surface area contributed by atoms with Gasteiger partial charge in [0.25, 0.3) is 0 Å². The van der Waals surface area contributed by atoms with E-state index < -0.39 is 0 Å². The molecule has 0 bridgehead atoms. The van der Waals surface area contributed by atoms with Crippen molar-refractivity contribution < 1.29 is 0 Å². The minimum atomic E-state index is 0.440. The van der Waals surface area contributed by atoms with Gasteiger partial charge in [-0.3, -0.25) is 0 Å². The Bertz CT molecular complexity index is 356. The molecule has 17 heavy (non-hydrogen) atoms. The summed E-state index contributed by atoms with van der Waals surface area (Å²) in [5, 5.41) is 4.37. The lowest BCUT2D eigenvalue weighted by molar-refractivity contribution is 0.481. The number of nitrogens with one attached hydrogen (secondary N) is 1. The third kappa shape index (κ3) is 4.27. The summed E-state index contributed by atoms with van der Waals surface area (Å²) in [6.45, 7) is 3.16. The maximum Gasteiger partial charge on any atom is 0.0420 e. The van der Waals surface area contributed by atoms with Gasteiger partial charge in [0, 0.05) is 15.5 Å². The molecule has 1 fully saturated rings. The molecule has 94 valence electrons. The highest BCUT2D eigenvalue weighted by atomic mass is 79.9. The van der Waals surface area contributed by atoms with E-state index in [0.29, 0.717) is 6.04 Å². The molecule has 1 N–H and O–H groups in total. The molecule has 0 aliphatic heterocycles. The van der Waals surface area contributed by atoms with Gasteiger partial charge < -0.3 is 5.32 Å². The molecular weight excluding hydrogens is 298 g/mol. The van der Waals surface area contributed by atoms with Crippen molar-refractivity contribution in [1.82, 2.24) is 5.32 Å². The van der Waals surface area contributed by atoms with E-state index in [1.165, 1.54) is 31.2 Å². The van der Waals surface area contributed by atoms with E-state index in [1.54, 1.807) is 0 Å². The minimum Gasteiger partial charge on any atom is -0.310 e. The molecule has 0 saturated heterocycles. The van der Waals surface area contributed by atoms with E-state index in [1.807, 2.05) is 6.07 Å². The van der Waals surface area contributed by atoms with Crippen molar-refractivity contribution in [2.75, 3.05) is 6.54 Å². The summed E-state index contributed by atoms with van der Waals surface area (Å²) >= 11 is 9.62. The predicted octanol–water partition coefficient (Wildman–Crippen LogP) is 4.94. The molecule has 3 heteroatoms. The molecule has 0 aromatic heterocycles. The van der Waals surface area contributed by atoms with Gasteiger partial charge in [-0.05, 0) is 49.1 Å². The summed E-state index contributed by atoms with van der Waals surface area (Å²) in [5.41, 5.74) is 1.30. The summed E-state index contributed by atoms with van der Waals surface area (Å²) in [7, 11) is 0. The van der Waals surface area contributed by atoms with Crippen LogP contribution in [0.15, 0.2) is 22.7 Å². The molecule has 0 spiro atoms. The highest BCUT2D eigenvalue weighted by Gasteiger charge is 2.23. The van der Waals surface area contributed by atoms with Crippen molar-refractivity contribution in [2.45, 2.75) is 38.6 Å². The minimum absolute atomic E-state index is 0.440. The summed E-state index contributed by atoms with van der Waals surface area (Å²) in [6, 6.07) is 6.63. The van der Waals surface area contributed by atoms with Crippen LogP contribution in [0.3, 0.4) is 0 Å². The van der Waals surface area contributed by atoms with Gasteiger partial charge in [-0.2, -0.15) is 0 Å². The van der Waals surface area contributed by atoms with Crippen LogP contribution in [0.2, 0.25) is 5.02 Å². The lowest BCUT2D eigenvalue weighted by atomic mass is 10.0. The maximum absolute atomic E-state index is 6.11. The Kier molecular flexibility index (Phi) is 4.89. The highest BCUT2D eigenvalue weighted by Crippen LogP contribution is 2.36. The second-order valence-electron chi connectivity index (χ2n) is 4.83. The van der Waals surface area contributed by atoms with Crippen LogP contribution in [-0.4, -0.2) is 6.54 Å². The van der Waals surface area contributed by atoms with Crippen molar-refractivity contribution in [3.8, 4) is 0 Å². The lowest BCUT2D eigenvalue weighted by Gasteiger charge is -2.19. The molecule has 0 radical (unpaired) electrons. The fourth-order valence-electron chi connectivity index (χ4n) is 2.22. The van der Waals surface area contributed by atoms with Gasteiger partial charge in [-0.25, -0.2) is 0 Å². The topological polar surface area (TPSA) is 12.0 Å². The highest BCUT2D eigenvalue weighted by molar-refractivity contribution is 9.10. The van der Waals surface area contributed by atoms with Gasteiger partial charge >= 0.3 is 0 Å². The average Bonchev–Trinajstić information content (AvgIpc) is 3.06. The zero-order valence-electron chi connectivity index (χ0n) is 10.2. The SMILES string of the molecule is CCNC(CCC1CC1)c1cc(Cl)cc(Br)c1. The Balaban J connectivity index is 2.05. The van der Waals surface area contributed by atoms with E-state index in [2.05, 4.69) is 40.3 Å². The smallest absolute Gasteiger partial charge is 0.0420 e. The zero-order chi connectivity index (χ0) is 12.3. The third-order valence-electron chi connectivity index (χ3n) is 3.30. The molecule has 1 aromatic carbocycles. The zero-order valence-corrected chi connectivity index (χ0v) is 12.5. The number of rotatable bonds is 6. The van der Waals surface area contributed by atoms with Crippen LogP contribution in [0.4, 0.5) is 0 Å². The molecular formula is C14H19BrClN. The predicted molar refractivity (Wildman–Crippen MR) is 77.5 cm³/mol. The standard InChI is InChI=1S/C14H19BrClN/c1-2-17-14(6-5-10-3-4-10)11-7-12(15)9-13(16)8-11/h7-10,14,17H,2-6H2,1H3. The van der Waals surface area contributed by atoms with E-state index >= 15 is 0 Å². The summed E-state index contributed by atoms with van der Waals surface area (Å²) in [5.74, 6) is 0.985. The summed E-state index contributed by atoms with van der Waals surface area (Å²) in [4.78, 5) is 0. The van der Waals surface area contributed by atoms with Crippen molar-refractivity contribution in [1.29, 1.82) is 0 Å². The van der Waals surface area contributed by atoms with Gasteiger partial charge in [-0.15, -0.1) is 0 Å². The Morgan fingerprint density at radius 1 is 1.41 bits per heavy atom. The van der Waals surface area contributed by atoms with Crippen LogP contribution in [0.5, 0.6) is 0 Å². The van der Waals surface area contributed by atoms with E-state index in [4.69, 9.17) is 11.6 Å². The van der Waals surface area contributed by atoms with E-state index in [0.717, 1.165) is 22.0 Å². The largest absolute Gasteiger partial charge is 0.310 e. The van der Waals surface area contributed by atoms with Gasteiger partial charge in [0.15, 0.2) is 0 Å². The van der Waals surface area contributed by atoms with Crippen LogP contribution in [-0.2, 0) is 0 Å². The first-order chi connectivity index (χ1) is 8.19. The monoisotopic (exact) mass is 315 g/mol. The number of halogens is 2. The van der Waals surface area contributed by atoms with Crippen LogP contribution in [0.25, 0.3) is 0 Å². The first-order valence-electron chi connectivity index (χ1n) is 6.38. The van der Waals surface area contributed by atoms with Gasteiger partial charge in [0.1, 0.15) is 0 Å². The number of benzene rings is 1. The van der Waals surface area contributed by atoms with Crippen molar-refractivity contribution in [3.63, 3.8) is 0 Å². The molecule has 0 amide bonds.